The van der Waals surface area contributed by atoms with E-state index in [4.69, 9.17) is 23.7 Å². The predicted molar refractivity (Wildman–Crippen MR) is 202 cm³/mol. The Hall–Kier alpha value is -2.68. The first-order valence-electron chi connectivity index (χ1n) is 19.5. The quantitative estimate of drug-likeness (QED) is 0.106. The number of carbonyl (C=O) groups is 2. The van der Waals surface area contributed by atoms with E-state index >= 15 is 0 Å². The van der Waals surface area contributed by atoms with Crippen molar-refractivity contribution in [3.63, 3.8) is 0 Å². The number of rotatable bonds is 6. The van der Waals surface area contributed by atoms with Gasteiger partial charge in [-0.1, -0.05) is 89.1 Å². The minimum absolute atomic E-state index is 0.00130. The highest BCUT2D eigenvalue weighted by atomic mass is 16.7. The molecule has 3 fully saturated rings. The Morgan fingerprint density at radius 2 is 1.69 bits per heavy atom. The van der Waals surface area contributed by atoms with Crippen LogP contribution in [-0.4, -0.2) is 104 Å². The molecule has 0 saturated carbocycles. The van der Waals surface area contributed by atoms with Crippen LogP contribution in [-0.2, 0) is 33.3 Å². The summed E-state index contributed by atoms with van der Waals surface area (Å²) in [4.78, 5) is 26.2. The maximum atomic E-state index is 13.2. The van der Waals surface area contributed by atoms with Crippen LogP contribution in [0.5, 0.6) is 0 Å². The summed E-state index contributed by atoms with van der Waals surface area (Å²) in [5.41, 5.74) is -0.634. The van der Waals surface area contributed by atoms with Gasteiger partial charge in [0.15, 0.2) is 11.9 Å². The zero-order valence-electron chi connectivity index (χ0n) is 33.1. The van der Waals surface area contributed by atoms with Gasteiger partial charge in [-0.25, -0.2) is 4.79 Å². The van der Waals surface area contributed by atoms with Crippen molar-refractivity contribution in [3.8, 4) is 0 Å². The van der Waals surface area contributed by atoms with Gasteiger partial charge in [0, 0.05) is 42.6 Å². The maximum absolute atomic E-state index is 13.2. The molecule has 5 N–H and O–H groups in total. The molecule has 0 aromatic rings. The van der Waals surface area contributed by atoms with Crippen LogP contribution in [0, 0.1) is 10.8 Å². The standard InChI is InChI=1S/C42H64O12/c1-8-11-12-13-14-15-36(46)52-38-28(10-3)20-31-23-34(26-43)51-37(47)22-29(44)21-32-24-35(45)40(6,7)41(48,53-32)25-33-19-27(9-2)18-30(50-33)16-17-39(4,5)42(38,49)54-31/h9-10,12-17,29-35,38,43-45,48-49H,8,11,18-26H2,1-7H3/b13-12+,15-14+,17-16+,27-9+,28-10+/t29-,30+,31+,32-,33+,34-,35+,38+,41+,42-/m1/s1. The van der Waals surface area contributed by atoms with Gasteiger partial charge < -0.3 is 49.2 Å². The topological polar surface area (TPSA) is 181 Å². The normalized spacial score (nSPS) is 40.0. The maximum Gasteiger partial charge on any atom is 0.331 e. The predicted octanol–water partition coefficient (Wildman–Crippen LogP) is 5.01. The molecule has 0 aromatic carbocycles. The van der Waals surface area contributed by atoms with E-state index in [9.17, 15) is 35.1 Å². The molecule has 0 radical (unpaired) electrons. The van der Waals surface area contributed by atoms with E-state index in [-0.39, 0.29) is 32.1 Å². The van der Waals surface area contributed by atoms with Gasteiger partial charge in [0.25, 0.3) is 0 Å². The van der Waals surface area contributed by atoms with Crippen LogP contribution in [0.4, 0.5) is 0 Å². The smallest absolute Gasteiger partial charge is 0.331 e. The van der Waals surface area contributed by atoms with E-state index in [2.05, 4.69) is 6.92 Å². The molecule has 0 aliphatic carbocycles. The largest absolute Gasteiger partial charge is 0.460 e. The fourth-order valence-electron chi connectivity index (χ4n) is 7.88. The van der Waals surface area contributed by atoms with E-state index in [1.807, 2.05) is 25.2 Å². The lowest BCUT2D eigenvalue weighted by Gasteiger charge is -2.53. The number of carbonyl (C=O) groups excluding carboxylic acids is 2. The van der Waals surface area contributed by atoms with E-state index in [0.717, 1.165) is 18.4 Å². The average molecular weight is 761 g/mol. The third-order valence-electron chi connectivity index (χ3n) is 11.6. The van der Waals surface area contributed by atoms with Crippen LogP contribution in [0.2, 0.25) is 0 Å². The molecule has 12 nitrogen and oxygen atoms in total. The lowest BCUT2D eigenvalue weighted by molar-refractivity contribution is -0.348. The SMILES string of the molecule is C/C=C1/C[C@H]2C[C@]3(O)O[C@H](C[C@@H](O)CC(=O)O[C@@H](CO)C[C@@H]4C/C(=C\C)[C@H](OC(=O)/C=C/C=C/CCC)[C@@](O)(O4)C(C)(C)/C=C/[C@@H](C1)O2)C[C@H](O)C3(C)C. The number of cyclic esters (lactones) is 1. The third-order valence-corrected chi connectivity index (χ3v) is 11.6. The molecular weight excluding hydrogens is 696 g/mol. The highest BCUT2D eigenvalue weighted by Gasteiger charge is 2.58. The van der Waals surface area contributed by atoms with Gasteiger partial charge >= 0.3 is 11.9 Å². The summed E-state index contributed by atoms with van der Waals surface area (Å²) in [6, 6.07) is 0. The van der Waals surface area contributed by atoms with Crippen molar-refractivity contribution in [2.75, 3.05) is 6.61 Å². The molecule has 4 aliphatic heterocycles. The molecule has 0 spiro atoms. The number of aliphatic hydroxyl groups excluding tert-OH is 3. The van der Waals surface area contributed by atoms with Crippen molar-refractivity contribution in [2.45, 2.75) is 173 Å². The first kappa shape index (κ1) is 44.0. The molecule has 10 atom stereocenters. The number of fused-ring (bicyclic) bond motifs is 6. The number of unbranched alkanes of at least 4 members (excludes halogenated alkanes) is 1. The van der Waals surface area contributed by atoms with E-state index in [1.165, 1.54) is 6.08 Å². The first-order valence-corrected chi connectivity index (χ1v) is 19.5. The summed E-state index contributed by atoms with van der Waals surface area (Å²) in [5.74, 6) is -5.41. The van der Waals surface area contributed by atoms with Crippen LogP contribution in [0.1, 0.15) is 113 Å². The number of allylic oxidation sites excluding steroid dienone is 5. The van der Waals surface area contributed by atoms with Crippen LogP contribution in [0.15, 0.2) is 59.8 Å². The van der Waals surface area contributed by atoms with Gasteiger partial charge in [0.2, 0.25) is 5.79 Å². The Balaban J connectivity index is 1.75. The average Bonchev–Trinajstić information content (AvgIpc) is 3.09. The Morgan fingerprint density at radius 3 is 2.35 bits per heavy atom. The molecule has 3 saturated heterocycles. The Kier molecular flexibility index (Phi) is 15.1. The van der Waals surface area contributed by atoms with Gasteiger partial charge in [-0.3, -0.25) is 4.79 Å². The molecule has 4 rings (SSSR count). The summed E-state index contributed by atoms with van der Waals surface area (Å²) in [5, 5.41) is 57.2. The van der Waals surface area contributed by atoms with Gasteiger partial charge in [-0.15, -0.1) is 0 Å². The number of hydrogen-bond donors (Lipinski definition) is 5. The Morgan fingerprint density at radius 1 is 0.944 bits per heavy atom. The Labute approximate surface area is 320 Å². The number of aliphatic hydroxyl groups is 5. The van der Waals surface area contributed by atoms with Crippen LogP contribution in [0.3, 0.4) is 0 Å². The van der Waals surface area contributed by atoms with Gasteiger partial charge in [0.05, 0.1) is 49.7 Å². The molecule has 6 bridgehead atoms. The molecule has 0 unspecified atom stereocenters. The van der Waals surface area contributed by atoms with Crippen molar-refractivity contribution in [3.05, 3.63) is 59.8 Å². The number of esters is 2. The number of ether oxygens (including phenoxy) is 5. The molecular formula is C42H64O12. The summed E-state index contributed by atoms with van der Waals surface area (Å²) in [6.45, 7) is 12.2. The van der Waals surface area contributed by atoms with E-state index in [1.54, 1.807) is 58.9 Å². The first-order chi connectivity index (χ1) is 25.4. The summed E-state index contributed by atoms with van der Waals surface area (Å²) in [7, 11) is 0. The summed E-state index contributed by atoms with van der Waals surface area (Å²) >= 11 is 0. The lowest BCUT2D eigenvalue weighted by atomic mass is 9.70. The van der Waals surface area contributed by atoms with Crippen LogP contribution < -0.4 is 0 Å². The second-order valence-corrected chi connectivity index (χ2v) is 16.5. The zero-order chi connectivity index (χ0) is 39.9. The van der Waals surface area contributed by atoms with Crippen LogP contribution in [0.25, 0.3) is 0 Å². The number of hydrogen-bond acceptors (Lipinski definition) is 12. The van der Waals surface area contributed by atoms with Crippen molar-refractivity contribution < 1.29 is 58.8 Å². The van der Waals surface area contributed by atoms with Crippen molar-refractivity contribution in [2.24, 2.45) is 10.8 Å². The molecule has 0 amide bonds. The molecule has 0 aromatic heterocycles. The fourth-order valence-corrected chi connectivity index (χ4v) is 7.88. The van der Waals surface area contributed by atoms with Gasteiger partial charge in [0.1, 0.15) is 6.10 Å². The fraction of sp³-hybridized carbons (Fsp3) is 0.714. The second-order valence-electron chi connectivity index (χ2n) is 16.5. The summed E-state index contributed by atoms with van der Waals surface area (Å²) in [6.07, 6.45) is 9.85. The molecule has 12 heteroatoms. The Bertz CT molecular complexity index is 1440. The molecule has 4 heterocycles. The van der Waals surface area contributed by atoms with Crippen LogP contribution >= 0.6 is 0 Å². The van der Waals surface area contributed by atoms with E-state index < -0.39 is 96.2 Å². The van der Waals surface area contributed by atoms with Crippen molar-refractivity contribution >= 4 is 11.9 Å². The minimum atomic E-state index is -2.13. The van der Waals surface area contributed by atoms with Crippen molar-refractivity contribution in [1.29, 1.82) is 0 Å². The molecule has 304 valence electrons. The van der Waals surface area contributed by atoms with Crippen molar-refractivity contribution in [1.82, 2.24) is 0 Å². The minimum Gasteiger partial charge on any atom is -0.460 e. The highest BCUT2D eigenvalue weighted by molar-refractivity contribution is 5.82. The third kappa shape index (κ3) is 10.4. The highest BCUT2D eigenvalue weighted by Crippen LogP contribution is 2.49. The van der Waals surface area contributed by atoms with E-state index in [0.29, 0.717) is 18.4 Å². The van der Waals surface area contributed by atoms with Gasteiger partial charge in [-0.2, -0.15) is 0 Å². The van der Waals surface area contributed by atoms with Gasteiger partial charge in [-0.05, 0) is 45.1 Å². The lowest BCUT2D eigenvalue weighted by Crippen LogP contribution is -2.62. The monoisotopic (exact) mass is 760 g/mol. The second kappa shape index (κ2) is 18.5. The summed E-state index contributed by atoms with van der Waals surface area (Å²) < 4.78 is 30.9. The molecule has 54 heavy (non-hydrogen) atoms. The molecule has 4 aliphatic rings. The zero-order valence-corrected chi connectivity index (χ0v) is 33.1.